The summed E-state index contributed by atoms with van der Waals surface area (Å²) in [6.45, 7) is 1.65. The van der Waals surface area contributed by atoms with Crippen LogP contribution in [0.2, 0.25) is 0 Å². The zero-order valence-electron chi connectivity index (χ0n) is 15.9. The quantitative estimate of drug-likeness (QED) is 0.409. The largest absolute Gasteiger partial charge is 0.387 e. The molecule has 0 saturated carbocycles. The van der Waals surface area contributed by atoms with Gasteiger partial charge in [-0.05, 0) is 30.2 Å². The van der Waals surface area contributed by atoms with Gasteiger partial charge < -0.3 is 11.5 Å². The van der Waals surface area contributed by atoms with Gasteiger partial charge in [-0.2, -0.15) is 4.99 Å². The van der Waals surface area contributed by atoms with Crippen LogP contribution >= 0.6 is 0 Å². The van der Waals surface area contributed by atoms with Gasteiger partial charge in [0.05, 0.1) is 11.4 Å². The second-order valence-corrected chi connectivity index (χ2v) is 6.55. The summed E-state index contributed by atoms with van der Waals surface area (Å²) in [5.41, 5.74) is 15.5. The molecule has 0 spiro atoms. The first kappa shape index (κ1) is 18.3. The van der Waals surface area contributed by atoms with Crippen LogP contribution in [0, 0.1) is 0 Å². The fraction of sp³-hybridized carbons (Fsp3) is 0.0435. The summed E-state index contributed by atoms with van der Waals surface area (Å²) < 4.78 is 0. The van der Waals surface area contributed by atoms with E-state index in [1.54, 1.807) is 6.92 Å². The van der Waals surface area contributed by atoms with Crippen LogP contribution in [-0.4, -0.2) is 21.8 Å². The number of para-hydroxylation sites is 1. The van der Waals surface area contributed by atoms with Gasteiger partial charge in [-0.3, -0.25) is 0 Å². The van der Waals surface area contributed by atoms with Crippen LogP contribution in [0.1, 0.15) is 6.92 Å². The molecular weight excluding hydrogens is 360 g/mol. The second kappa shape index (κ2) is 7.90. The summed E-state index contributed by atoms with van der Waals surface area (Å²) in [5.74, 6) is 1.42. The molecule has 0 atom stereocenters. The Morgan fingerprint density at radius 2 is 1.34 bits per heavy atom. The summed E-state index contributed by atoms with van der Waals surface area (Å²) in [4.78, 5) is 17.7. The Bertz CT molecular complexity index is 1210. The van der Waals surface area contributed by atoms with Crippen molar-refractivity contribution < 1.29 is 0 Å². The molecule has 3 aromatic carbocycles. The number of rotatable bonds is 3. The zero-order valence-corrected chi connectivity index (χ0v) is 15.9. The van der Waals surface area contributed by atoms with Crippen LogP contribution in [-0.2, 0) is 0 Å². The monoisotopic (exact) mass is 380 g/mol. The Morgan fingerprint density at radius 3 is 2.07 bits per heavy atom. The van der Waals surface area contributed by atoms with E-state index >= 15 is 0 Å². The molecule has 142 valence electrons. The highest BCUT2D eigenvalue weighted by molar-refractivity contribution is 5.97. The van der Waals surface area contributed by atoms with Crippen LogP contribution in [0.3, 0.4) is 0 Å². The first-order valence-electron chi connectivity index (χ1n) is 9.18. The number of amidine groups is 1. The first-order chi connectivity index (χ1) is 14.1. The molecule has 4 N–H and O–H groups in total. The van der Waals surface area contributed by atoms with Gasteiger partial charge in [0, 0.05) is 10.9 Å². The van der Waals surface area contributed by atoms with Crippen molar-refractivity contribution in [3.63, 3.8) is 0 Å². The second-order valence-electron chi connectivity index (χ2n) is 6.55. The molecule has 1 aromatic heterocycles. The van der Waals surface area contributed by atoms with Gasteiger partial charge in [-0.25, -0.2) is 15.0 Å². The summed E-state index contributed by atoms with van der Waals surface area (Å²) in [5, 5.41) is 0.796. The van der Waals surface area contributed by atoms with Crippen LogP contribution in [0.25, 0.3) is 33.4 Å². The molecule has 6 heteroatoms. The maximum absolute atomic E-state index is 5.89. The SMILES string of the molecule is C/C(N)=N/C(N)=Nc1nc(-c2ccc(-c3ccccc3)cc2)nc2ccccc12. The van der Waals surface area contributed by atoms with Crippen molar-refractivity contribution >= 4 is 28.5 Å². The third kappa shape index (κ3) is 4.11. The maximum atomic E-state index is 5.89. The predicted molar refractivity (Wildman–Crippen MR) is 119 cm³/mol. The lowest BCUT2D eigenvalue weighted by Crippen LogP contribution is -2.15. The Kier molecular flexibility index (Phi) is 4.99. The van der Waals surface area contributed by atoms with Crippen molar-refractivity contribution in [2.24, 2.45) is 21.5 Å². The minimum absolute atomic E-state index is 0.0548. The third-order valence-electron chi connectivity index (χ3n) is 4.34. The fourth-order valence-corrected chi connectivity index (χ4v) is 3.03. The molecule has 0 aliphatic carbocycles. The average Bonchev–Trinajstić information content (AvgIpc) is 2.74. The lowest BCUT2D eigenvalue weighted by molar-refractivity contribution is 1.20. The van der Waals surface area contributed by atoms with Gasteiger partial charge in [-0.15, -0.1) is 0 Å². The average molecular weight is 380 g/mol. The summed E-state index contributed by atoms with van der Waals surface area (Å²) in [6, 6.07) is 26.0. The highest BCUT2D eigenvalue weighted by Gasteiger charge is 2.10. The lowest BCUT2D eigenvalue weighted by Gasteiger charge is -2.07. The highest BCUT2D eigenvalue weighted by Crippen LogP contribution is 2.28. The number of guanidine groups is 1. The minimum Gasteiger partial charge on any atom is -0.387 e. The number of nitrogens with zero attached hydrogens (tertiary/aromatic N) is 4. The number of hydrogen-bond acceptors (Lipinski definition) is 3. The van der Waals surface area contributed by atoms with Gasteiger partial charge in [0.15, 0.2) is 11.6 Å². The van der Waals surface area contributed by atoms with Crippen molar-refractivity contribution in [3.05, 3.63) is 78.9 Å². The van der Waals surface area contributed by atoms with Crippen LogP contribution < -0.4 is 11.5 Å². The van der Waals surface area contributed by atoms with E-state index < -0.39 is 0 Å². The summed E-state index contributed by atoms with van der Waals surface area (Å²) >= 11 is 0. The fourth-order valence-electron chi connectivity index (χ4n) is 3.03. The van der Waals surface area contributed by atoms with Crippen LogP contribution in [0.15, 0.2) is 88.8 Å². The van der Waals surface area contributed by atoms with Gasteiger partial charge in [0.2, 0.25) is 5.96 Å². The standard InChI is InChI=1S/C23H20N6/c1-15(24)26-23(25)29-22-19-9-5-6-10-20(19)27-21(28-22)18-13-11-17(12-14-18)16-7-3-2-4-8-16/h2-14H,1H3,(H4,24,25,26,27,28,29). The number of fused-ring (bicyclic) bond motifs is 1. The van der Waals surface area contributed by atoms with Gasteiger partial charge >= 0.3 is 0 Å². The van der Waals surface area contributed by atoms with E-state index in [2.05, 4.69) is 39.2 Å². The minimum atomic E-state index is 0.0548. The molecule has 0 unspecified atom stereocenters. The summed E-state index contributed by atoms with van der Waals surface area (Å²) in [7, 11) is 0. The number of benzene rings is 3. The number of aromatic nitrogens is 2. The van der Waals surface area contributed by atoms with E-state index in [1.165, 1.54) is 0 Å². The molecule has 0 radical (unpaired) electrons. The normalized spacial score (nSPS) is 12.3. The number of nitrogens with two attached hydrogens (primary N) is 2. The Balaban J connectivity index is 1.79. The molecule has 29 heavy (non-hydrogen) atoms. The molecular formula is C23H20N6. The van der Waals surface area contributed by atoms with E-state index in [9.17, 15) is 0 Å². The number of hydrogen-bond donors (Lipinski definition) is 2. The van der Waals surface area contributed by atoms with Gasteiger partial charge in [-0.1, -0.05) is 66.7 Å². The van der Waals surface area contributed by atoms with Crippen molar-refractivity contribution in [2.45, 2.75) is 6.92 Å². The molecule has 0 saturated heterocycles. The van der Waals surface area contributed by atoms with E-state index in [0.29, 0.717) is 17.5 Å². The van der Waals surface area contributed by atoms with E-state index in [0.717, 1.165) is 27.6 Å². The molecule has 6 nitrogen and oxygen atoms in total. The molecule has 0 fully saturated rings. The molecule has 0 bridgehead atoms. The molecule has 0 aliphatic heterocycles. The first-order valence-corrected chi connectivity index (χ1v) is 9.18. The Morgan fingerprint density at radius 1 is 0.724 bits per heavy atom. The van der Waals surface area contributed by atoms with Gasteiger partial charge in [0.25, 0.3) is 0 Å². The lowest BCUT2D eigenvalue weighted by atomic mass is 10.0. The van der Waals surface area contributed by atoms with Crippen molar-refractivity contribution in [3.8, 4) is 22.5 Å². The van der Waals surface area contributed by atoms with Gasteiger partial charge in [0.1, 0.15) is 0 Å². The highest BCUT2D eigenvalue weighted by atomic mass is 15.1. The molecule has 4 rings (SSSR count). The van der Waals surface area contributed by atoms with E-state index in [-0.39, 0.29) is 5.96 Å². The summed E-state index contributed by atoms with van der Waals surface area (Å²) in [6.07, 6.45) is 0. The predicted octanol–water partition coefficient (Wildman–Crippen LogP) is 4.29. The van der Waals surface area contributed by atoms with Crippen LogP contribution in [0.4, 0.5) is 5.82 Å². The van der Waals surface area contributed by atoms with Crippen molar-refractivity contribution in [1.29, 1.82) is 0 Å². The van der Waals surface area contributed by atoms with E-state index in [4.69, 9.17) is 16.5 Å². The Hall–Kier alpha value is -4.06. The molecule has 0 amide bonds. The zero-order chi connectivity index (χ0) is 20.2. The van der Waals surface area contributed by atoms with Crippen LogP contribution in [0.5, 0.6) is 0 Å². The topological polar surface area (TPSA) is 103 Å². The molecule has 0 aliphatic rings. The maximum Gasteiger partial charge on any atom is 0.223 e. The smallest absolute Gasteiger partial charge is 0.223 e. The van der Waals surface area contributed by atoms with Crippen molar-refractivity contribution in [2.75, 3.05) is 0 Å². The molecule has 1 heterocycles. The van der Waals surface area contributed by atoms with E-state index in [1.807, 2.05) is 54.6 Å². The Labute approximate surface area is 168 Å². The number of aliphatic imine (C=N–C) groups is 2. The van der Waals surface area contributed by atoms with Crippen molar-refractivity contribution in [1.82, 2.24) is 9.97 Å². The molecule has 4 aromatic rings. The third-order valence-corrected chi connectivity index (χ3v) is 4.34.